The van der Waals surface area contributed by atoms with Crippen LogP contribution in [0.3, 0.4) is 0 Å². The Labute approximate surface area is 179 Å². The van der Waals surface area contributed by atoms with Crippen LogP contribution < -0.4 is 20.5 Å². The van der Waals surface area contributed by atoms with Crippen LogP contribution in [0.5, 0.6) is 5.75 Å². The highest BCUT2D eigenvalue weighted by Gasteiger charge is 2.19. The summed E-state index contributed by atoms with van der Waals surface area (Å²) in [6, 6.07) is 14.7. The molecule has 0 spiro atoms. The second kappa shape index (κ2) is 9.21. The van der Waals surface area contributed by atoms with Crippen molar-refractivity contribution in [3.63, 3.8) is 0 Å². The number of aromatic nitrogens is 2. The predicted octanol–water partition coefficient (Wildman–Crippen LogP) is 2.99. The predicted molar refractivity (Wildman–Crippen MR) is 122 cm³/mol. The van der Waals surface area contributed by atoms with Crippen LogP contribution in [0.25, 0.3) is 10.8 Å². The van der Waals surface area contributed by atoms with Crippen molar-refractivity contribution < 1.29 is 9.53 Å². The number of hydrogen-bond acceptors (Lipinski definition) is 6. The third-order valence-electron chi connectivity index (χ3n) is 4.91. The number of hydrogen-bond donors (Lipinski definition) is 1. The van der Waals surface area contributed by atoms with Crippen LogP contribution in [0.2, 0.25) is 0 Å². The molecule has 8 heteroatoms. The molecule has 2 heterocycles. The molecule has 1 aromatic heterocycles. The van der Waals surface area contributed by atoms with Crippen LogP contribution in [0.4, 0.5) is 11.5 Å². The molecule has 3 aromatic rings. The SMILES string of the molecule is CCOc1ccccc1NC(=O)Cn1nc(N2CCSCC2)c2ccccc2c1=O. The standard InChI is InChI=1S/C22H24N4O3S/c1-2-29-19-10-6-5-9-18(19)23-20(27)15-26-22(28)17-8-4-3-7-16(17)21(24-26)25-11-13-30-14-12-25/h3-10H,2,11-15H2,1H3,(H,23,27). The average molecular weight is 425 g/mol. The number of nitrogens with zero attached hydrogens (tertiary/aromatic N) is 3. The second-order valence-corrected chi connectivity index (χ2v) is 8.13. The molecular weight excluding hydrogens is 400 g/mol. The molecule has 0 atom stereocenters. The van der Waals surface area contributed by atoms with Crippen molar-refractivity contribution in [1.82, 2.24) is 9.78 Å². The summed E-state index contributed by atoms with van der Waals surface area (Å²) < 4.78 is 6.82. The smallest absolute Gasteiger partial charge is 0.275 e. The maximum atomic E-state index is 13.0. The first-order valence-electron chi connectivity index (χ1n) is 10.0. The zero-order valence-corrected chi connectivity index (χ0v) is 17.7. The van der Waals surface area contributed by atoms with Crippen molar-refractivity contribution >= 4 is 39.9 Å². The summed E-state index contributed by atoms with van der Waals surface area (Å²) in [5.41, 5.74) is 0.306. The van der Waals surface area contributed by atoms with Crippen LogP contribution in [0.1, 0.15) is 6.92 Å². The molecule has 0 unspecified atom stereocenters. The summed E-state index contributed by atoms with van der Waals surface area (Å²) in [5, 5.41) is 8.83. The molecular formula is C22H24N4O3S. The quantitative estimate of drug-likeness (QED) is 0.656. The van der Waals surface area contributed by atoms with Crippen LogP contribution in [-0.2, 0) is 11.3 Å². The highest BCUT2D eigenvalue weighted by molar-refractivity contribution is 7.99. The summed E-state index contributed by atoms with van der Waals surface area (Å²) >= 11 is 1.91. The Morgan fingerprint density at radius 3 is 2.57 bits per heavy atom. The first kappa shape index (κ1) is 20.3. The Hall–Kier alpha value is -3.00. The van der Waals surface area contributed by atoms with Crippen molar-refractivity contribution in [1.29, 1.82) is 0 Å². The summed E-state index contributed by atoms with van der Waals surface area (Å²) in [4.78, 5) is 27.9. The first-order chi connectivity index (χ1) is 14.7. The monoisotopic (exact) mass is 424 g/mol. The topological polar surface area (TPSA) is 76.5 Å². The summed E-state index contributed by atoms with van der Waals surface area (Å²) in [5.74, 6) is 3.06. The summed E-state index contributed by atoms with van der Waals surface area (Å²) in [6.45, 7) is 3.95. The zero-order valence-electron chi connectivity index (χ0n) is 16.8. The van der Waals surface area contributed by atoms with Gasteiger partial charge in [-0.05, 0) is 25.1 Å². The van der Waals surface area contributed by atoms with Gasteiger partial charge in [-0.1, -0.05) is 30.3 Å². The van der Waals surface area contributed by atoms with Crippen LogP contribution in [-0.4, -0.2) is 46.9 Å². The van der Waals surface area contributed by atoms with Crippen LogP contribution in [0, 0.1) is 0 Å². The lowest BCUT2D eigenvalue weighted by Gasteiger charge is -2.28. The third-order valence-corrected chi connectivity index (χ3v) is 5.86. The highest BCUT2D eigenvalue weighted by atomic mass is 32.2. The fourth-order valence-electron chi connectivity index (χ4n) is 3.51. The average Bonchev–Trinajstić information content (AvgIpc) is 2.78. The van der Waals surface area contributed by atoms with Gasteiger partial charge in [-0.25, -0.2) is 4.68 Å². The van der Waals surface area contributed by atoms with E-state index in [0.717, 1.165) is 35.8 Å². The fraction of sp³-hybridized carbons (Fsp3) is 0.318. The van der Waals surface area contributed by atoms with Crippen molar-refractivity contribution in [2.45, 2.75) is 13.5 Å². The molecule has 0 radical (unpaired) electrons. The maximum Gasteiger partial charge on any atom is 0.275 e. The molecule has 4 rings (SSSR count). The molecule has 7 nitrogen and oxygen atoms in total. The lowest BCUT2D eigenvalue weighted by atomic mass is 10.1. The summed E-state index contributed by atoms with van der Waals surface area (Å²) in [6.07, 6.45) is 0. The van der Waals surface area contributed by atoms with Crippen LogP contribution in [0.15, 0.2) is 53.3 Å². The van der Waals surface area contributed by atoms with E-state index >= 15 is 0 Å². The lowest BCUT2D eigenvalue weighted by molar-refractivity contribution is -0.117. The number of fused-ring (bicyclic) bond motifs is 1. The molecule has 2 aromatic carbocycles. The van der Waals surface area contributed by atoms with Gasteiger partial charge in [-0.3, -0.25) is 9.59 Å². The van der Waals surface area contributed by atoms with E-state index in [-0.39, 0.29) is 18.0 Å². The fourth-order valence-corrected chi connectivity index (χ4v) is 4.41. The van der Waals surface area contributed by atoms with Gasteiger partial charge in [0.05, 0.1) is 17.7 Å². The van der Waals surface area contributed by atoms with E-state index in [1.165, 1.54) is 4.68 Å². The molecule has 1 aliphatic heterocycles. The van der Waals surface area contributed by atoms with E-state index in [1.807, 2.05) is 49.0 Å². The molecule has 0 bridgehead atoms. The van der Waals surface area contributed by atoms with E-state index in [4.69, 9.17) is 4.74 Å². The minimum absolute atomic E-state index is 0.167. The molecule has 1 saturated heterocycles. The van der Waals surface area contributed by atoms with Gasteiger partial charge in [0.2, 0.25) is 5.91 Å². The zero-order chi connectivity index (χ0) is 20.9. The van der Waals surface area contributed by atoms with E-state index in [2.05, 4.69) is 15.3 Å². The van der Waals surface area contributed by atoms with Crippen LogP contribution >= 0.6 is 11.8 Å². The molecule has 1 aliphatic rings. The van der Waals surface area contributed by atoms with Gasteiger partial charge in [0.1, 0.15) is 12.3 Å². The Bertz CT molecular complexity index is 1110. The van der Waals surface area contributed by atoms with E-state index in [0.29, 0.717) is 23.4 Å². The Morgan fingerprint density at radius 2 is 1.80 bits per heavy atom. The van der Waals surface area contributed by atoms with Crippen molar-refractivity contribution in [3.8, 4) is 5.75 Å². The molecule has 1 N–H and O–H groups in total. The third kappa shape index (κ3) is 4.28. The number of anilines is 2. The molecule has 1 fully saturated rings. The van der Waals surface area contributed by atoms with Gasteiger partial charge < -0.3 is 15.0 Å². The minimum Gasteiger partial charge on any atom is -0.492 e. The number of benzene rings is 2. The van der Waals surface area contributed by atoms with Crippen molar-refractivity contribution in [2.75, 3.05) is 41.4 Å². The van der Waals surface area contributed by atoms with Crippen molar-refractivity contribution in [2.24, 2.45) is 0 Å². The number of thioether (sulfide) groups is 1. The Morgan fingerprint density at radius 1 is 1.10 bits per heavy atom. The van der Waals surface area contributed by atoms with E-state index in [1.54, 1.807) is 18.2 Å². The Kier molecular flexibility index (Phi) is 6.23. The van der Waals surface area contributed by atoms with E-state index < -0.39 is 0 Å². The first-order valence-corrected chi connectivity index (χ1v) is 11.2. The molecule has 1 amide bonds. The van der Waals surface area contributed by atoms with Gasteiger partial charge in [0.25, 0.3) is 5.56 Å². The van der Waals surface area contributed by atoms with E-state index in [9.17, 15) is 9.59 Å². The number of nitrogens with one attached hydrogen (secondary N) is 1. The van der Waals surface area contributed by atoms with Gasteiger partial charge in [-0.2, -0.15) is 16.9 Å². The minimum atomic E-state index is -0.327. The number of rotatable bonds is 6. The van der Waals surface area contributed by atoms with Crippen molar-refractivity contribution in [3.05, 3.63) is 58.9 Å². The summed E-state index contributed by atoms with van der Waals surface area (Å²) in [7, 11) is 0. The van der Waals surface area contributed by atoms with Gasteiger partial charge in [0, 0.05) is 30.0 Å². The number of carbonyl (C=O) groups is 1. The number of carbonyl (C=O) groups excluding carboxylic acids is 1. The lowest BCUT2D eigenvalue weighted by Crippen LogP contribution is -2.37. The normalized spacial score (nSPS) is 14.0. The number of para-hydroxylation sites is 2. The van der Waals surface area contributed by atoms with Gasteiger partial charge in [-0.15, -0.1) is 0 Å². The molecule has 156 valence electrons. The molecule has 0 saturated carbocycles. The second-order valence-electron chi connectivity index (χ2n) is 6.91. The Balaban J connectivity index is 1.65. The maximum absolute atomic E-state index is 13.0. The molecule has 0 aliphatic carbocycles. The van der Waals surface area contributed by atoms with Gasteiger partial charge >= 0.3 is 0 Å². The molecule has 30 heavy (non-hydrogen) atoms. The number of amides is 1. The largest absolute Gasteiger partial charge is 0.492 e. The van der Waals surface area contributed by atoms with Gasteiger partial charge in [0.15, 0.2) is 5.82 Å². The highest BCUT2D eigenvalue weighted by Crippen LogP contribution is 2.25. The number of ether oxygens (including phenoxy) is 1.